The van der Waals surface area contributed by atoms with Crippen LogP contribution >= 0.6 is 11.6 Å². The van der Waals surface area contributed by atoms with Gasteiger partial charge in [-0.25, -0.2) is 4.39 Å². The standard InChI is InChI=1S/C15H17ClFN3O/c1-9-6-10(2)20(19-9)11(3)7-15(21)18-12-4-5-14(17)13(16)8-12/h4-6,8,11H,7H2,1-3H3,(H,18,21)/t11-/m1/s1. The highest BCUT2D eigenvalue weighted by Crippen LogP contribution is 2.20. The average molecular weight is 310 g/mol. The quantitative estimate of drug-likeness (QED) is 0.931. The predicted molar refractivity (Wildman–Crippen MR) is 81.1 cm³/mol. The first-order valence-corrected chi connectivity index (χ1v) is 7.02. The highest BCUT2D eigenvalue weighted by atomic mass is 35.5. The third-order valence-electron chi connectivity index (χ3n) is 3.15. The molecule has 0 fully saturated rings. The molecule has 0 spiro atoms. The SMILES string of the molecule is Cc1cc(C)n([C@H](C)CC(=O)Nc2ccc(F)c(Cl)c2)n1. The molecule has 1 aromatic heterocycles. The van der Waals surface area contributed by atoms with Crippen LogP contribution in [0.2, 0.25) is 5.02 Å². The van der Waals surface area contributed by atoms with Gasteiger partial charge in [-0.15, -0.1) is 0 Å². The molecule has 112 valence electrons. The fraction of sp³-hybridized carbons (Fsp3) is 0.333. The fourth-order valence-electron chi connectivity index (χ4n) is 2.23. The topological polar surface area (TPSA) is 46.9 Å². The highest BCUT2D eigenvalue weighted by molar-refractivity contribution is 6.31. The van der Waals surface area contributed by atoms with Crippen molar-refractivity contribution in [1.29, 1.82) is 0 Å². The van der Waals surface area contributed by atoms with Gasteiger partial charge >= 0.3 is 0 Å². The molecule has 0 unspecified atom stereocenters. The van der Waals surface area contributed by atoms with Crippen molar-refractivity contribution in [3.8, 4) is 0 Å². The molecule has 0 saturated carbocycles. The molecule has 0 aliphatic heterocycles. The Balaban J connectivity index is 2.01. The summed E-state index contributed by atoms with van der Waals surface area (Å²) in [4.78, 5) is 12.0. The van der Waals surface area contributed by atoms with Crippen LogP contribution in [0.25, 0.3) is 0 Å². The van der Waals surface area contributed by atoms with Crippen LogP contribution in [0.3, 0.4) is 0 Å². The first-order chi connectivity index (χ1) is 9.86. The van der Waals surface area contributed by atoms with Crippen LogP contribution in [0.1, 0.15) is 30.8 Å². The molecule has 1 aromatic carbocycles. The normalized spacial score (nSPS) is 12.2. The molecule has 1 heterocycles. The summed E-state index contributed by atoms with van der Waals surface area (Å²) in [5, 5.41) is 7.05. The van der Waals surface area contributed by atoms with Gasteiger partial charge in [0, 0.05) is 17.8 Å². The Morgan fingerprint density at radius 2 is 2.14 bits per heavy atom. The zero-order chi connectivity index (χ0) is 15.6. The Bertz CT molecular complexity index is 669. The largest absolute Gasteiger partial charge is 0.326 e. The third kappa shape index (κ3) is 3.82. The molecular formula is C15H17ClFN3O. The van der Waals surface area contributed by atoms with Gasteiger partial charge in [0.1, 0.15) is 5.82 Å². The Hall–Kier alpha value is -1.88. The number of aryl methyl sites for hydroxylation is 2. The Morgan fingerprint density at radius 3 is 2.71 bits per heavy atom. The summed E-state index contributed by atoms with van der Waals surface area (Å²) in [5.74, 6) is -0.677. The van der Waals surface area contributed by atoms with E-state index >= 15 is 0 Å². The lowest BCUT2D eigenvalue weighted by Crippen LogP contribution is -2.19. The van der Waals surface area contributed by atoms with Gasteiger partial charge < -0.3 is 5.32 Å². The Morgan fingerprint density at radius 1 is 1.43 bits per heavy atom. The van der Waals surface area contributed by atoms with Gasteiger partial charge in [0.05, 0.1) is 16.8 Å². The van der Waals surface area contributed by atoms with E-state index in [0.717, 1.165) is 11.4 Å². The van der Waals surface area contributed by atoms with E-state index in [1.807, 2.05) is 31.5 Å². The number of aromatic nitrogens is 2. The summed E-state index contributed by atoms with van der Waals surface area (Å²) in [7, 11) is 0. The number of anilines is 1. The van der Waals surface area contributed by atoms with Gasteiger partial charge in [-0.05, 0) is 45.0 Å². The van der Waals surface area contributed by atoms with E-state index < -0.39 is 5.82 Å². The van der Waals surface area contributed by atoms with E-state index in [-0.39, 0.29) is 23.4 Å². The van der Waals surface area contributed by atoms with Crippen LogP contribution in [0.15, 0.2) is 24.3 Å². The maximum atomic E-state index is 13.1. The van der Waals surface area contributed by atoms with Gasteiger partial charge in [-0.3, -0.25) is 9.48 Å². The summed E-state index contributed by atoms with van der Waals surface area (Å²) in [5.41, 5.74) is 2.41. The zero-order valence-corrected chi connectivity index (χ0v) is 12.9. The van der Waals surface area contributed by atoms with Crippen molar-refractivity contribution in [2.24, 2.45) is 0 Å². The first kappa shape index (κ1) is 15.5. The molecule has 0 bridgehead atoms. The van der Waals surface area contributed by atoms with Gasteiger partial charge in [0.25, 0.3) is 0 Å². The van der Waals surface area contributed by atoms with E-state index in [9.17, 15) is 9.18 Å². The zero-order valence-electron chi connectivity index (χ0n) is 12.2. The van der Waals surface area contributed by atoms with Crippen LogP contribution in [-0.4, -0.2) is 15.7 Å². The number of rotatable bonds is 4. The highest BCUT2D eigenvalue weighted by Gasteiger charge is 2.14. The van der Waals surface area contributed by atoms with Gasteiger partial charge in [0.2, 0.25) is 5.91 Å². The van der Waals surface area contributed by atoms with Crippen molar-refractivity contribution in [3.05, 3.63) is 46.5 Å². The first-order valence-electron chi connectivity index (χ1n) is 6.64. The number of nitrogens with zero attached hydrogens (tertiary/aromatic N) is 2. The second-order valence-electron chi connectivity index (χ2n) is 5.10. The number of halogens is 2. The summed E-state index contributed by atoms with van der Waals surface area (Å²) >= 11 is 5.68. The number of hydrogen-bond acceptors (Lipinski definition) is 2. The lowest BCUT2D eigenvalue weighted by Gasteiger charge is -2.14. The maximum Gasteiger partial charge on any atom is 0.226 e. The molecule has 1 N–H and O–H groups in total. The number of hydrogen-bond donors (Lipinski definition) is 1. The van der Waals surface area contributed by atoms with Crippen molar-refractivity contribution in [2.45, 2.75) is 33.2 Å². The minimum Gasteiger partial charge on any atom is -0.326 e. The van der Waals surface area contributed by atoms with Crippen LogP contribution in [0.4, 0.5) is 10.1 Å². The third-order valence-corrected chi connectivity index (χ3v) is 3.44. The predicted octanol–water partition coefficient (Wildman–Crippen LogP) is 3.88. The molecule has 0 aliphatic carbocycles. The molecule has 1 atom stereocenters. The summed E-state index contributed by atoms with van der Waals surface area (Å²) < 4.78 is 14.9. The molecule has 1 amide bonds. The van der Waals surface area contributed by atoms with Crippen LogP contribution < -0.4 is 5.32 Å². The fourth-order valence-corrected chi connectivity index (χ4v) is 2.41. The molecule has 4 nitrogen and oxygen atoms in total. The lowest BCUT2D eigenvalue weighted by atomic mass is 10.2. The molecule has 2 aromatic rings. The second kappa shape index (κ2) is 6.26. The Labute approximate surface area is 127 Å². The van der Waals surface area contributed by atoms with Crippen LogP contribution in [0.5, 0.6) is 0 Å². The van der Waals surface area contributed by atoms with E-state index in [4.69, 9.17) is 11.6 Å². The number of benzene rings is 1. The van der Waals surface area contributed by atoms with E-state index in [1.165, 1.54) is 18.2 Å². The van der Waals surface area contributed by atoms with E-state index in [0.29, 0.717) is 5.69 Å². The summed E-state index contributed by atoms with van der Waals surface area (Å²) in [6.45, 7) is 5.79. The average Bonchev–Trinajstić information content (AvgIpc) is 2.73. The van der Waals surface area contributed by atoms with Gasteiger partial charge in [-0.2, -0.15) is 5.10 Å². The van der Waals surface area contributed by atoms with Crippen molar-refractivity contribution >= 4 is 23.2 Å². The molecular weight excluding hydrogens is 293 g/mol. The molecule has 0 saturated heterocycles. The van der Waals surface area contributed by atoms with Crippen molar-refractivity contribution in [3.63, 3.8) is 0 Å². The van der Waals surface area contributed by atoms with Crippen molar-refractivity contribution in [2.75, 3.05) is 5.32 Å². The number of carbonyl (C=O) groups is 1. The van der Waals surface area contributed by atoms with Crippen LogP contribution in [0, 0.1) is 19.7 Å². The number of carbonyl (C=O) groups excluding carboxylic acids is 1. The maximum absolute atomic E-state index is 13.1. The van der Waals surface area contributed by atoms with Crippen molar-refractivity contribution < 1.29 is 9.18 Å². The van der Waals surface area contributed by atoms with E-state index in [1.54, 1.807) is 0 Å². The molecule has 21 heavy (non-hydrogen) atoms. The van der Waals surface area contributed by atoms with Crippen molar-refractivity contribution in [1.82, 2.24) is 9.78 Å². The number of amides is 1. The minimum atomic E-state index is -0.509. The summed E-state index contributed by atoms with van der Waals surface area (Å²) in [6, 6.07) is 6.00. The van der Waals surface area contributed by atoms with Crippen LogP contribution in [-0.2, 0) is 4.79 Å². The van der Waals surface area contributed by atoms with Gasteiger partial charge in [0.15, 0.2) is 0 Å². The number of nitrogens with one attached hydrogen (secondary N) is 1. The van der Waals surface area contributed by atoms with E-state index in [2.05, 4.69) is 10.4 Å². The second-order valence-corrected chi connectivity index (χ2v) is 5.51. The molecule has 0 radical (unpaired) electrons. The molecule has 2 rings (SSSR count). The summed E-state index contributed by atoms with van der Waals surface area (Å²) in [6.07, 6.45) is 0.275. The molecule has 6 heteroatoms. The van der Waals surface area contributed by atoms with Gasteiger partial charge in [-0.1, -0.05) is 11.6 Å². The lowest BCUT2D eigenvalue weighted by molar-refractivity contribution is -0.116. The Kier molecular flexibility index (Phi) is 4.63. The molecule has 0 aliphatic rings. The smallest absolute Gasteiger partial charge is 0.226 e. The monoisotopic (exact) mass is 309 g/mol. The minimum absolute atomic E-state index is 0.0145.